The fourth-order valence-electron chi connectivity index (χ4n) is 1.36. The molecule has 0 aromatic heterocycles. The lowest BCUT2D eigenvalue weighted by Crippen LogP contribution is -2.22. The van der Waals surface area contributed by atoms with Crippen molar-refractivity contribution >= 4 is 0 Å². The normalized spacial score (nSPS) is 19.2. The Morgan fingerprint density at radius 3 is 2.08 bits per heavy atom. The highest BCUT2D eigenvalue weighted by atomic mass is 19.1. The molecule has 0 bridgehead atoms. The van der Waals surface area contributed by atoms with Crippen LogP contribution in [0.5, 0.6) is 0 Å². The van der Waals surface area contributed by atoms with Gasteiger partial charge in [-0.2, -0.15) is 0 Å². The highest BCUT2D eigenvalue weighted by molar-refractivity contribution is 5.32. The van der Waals surface area contributed by atoms with E-state index in [1.807, 2.05) is 0 Å². The Morgan fingerprint density at radius 2 is 1.67 bits per heavy atom. The first-order chi connectivity index (χ1) is 5.63. The van der Waals surface area contributed by atoms with E-state index in [1.165, 1.54) is 18.2 Å². The van der Waals surface area contributed by atoms with Crippen LogP contribution >= 0.6 is 0 Å². The predicted octanol–water partition coefficient (Wildman–Crippen LogP) is 1.91. The van der Waals surface area contributed by atoms with Crippen LogP contribution in [0.2, 0.25) is 0 Å². The molecule has 0 aliphatic heterocycles. The molecule has 0 heterocycles. The number of rotatable bonds is 1. The molecule has 1 nitrogen and oxygen atoms in total. The van der Waals surface area contributed by atoms with Gasteiger partial charge in [0, 0.05) is 11.1 Å². The number of hydrogen-bond donors (Lipinski definition) is 1. The average molecular weight is 169 g/mol. The predicted molar refractivity (Wildman–Crippen MR) is 41.5 cm³/mol. The smallest absolute Gasteiger partial charge is 0.131 e. The van der Waals surface area contributed by atoms with Gasteiger partial charge in [-0.05, 0) is 25.0 Å². The molecule has 1 aromatic rings. The summed E-state index contributed by atoms with van der Waals surface area (Å²) in [5, 5.41) is 0. The minimum atomic E-state index is -0.727. The maximum atomic E-state index is 13.1. The quantitative estimate of drug-likeness (QED) is 0.682. The van der Waals surface area contributed by atoms with E-state index < -0.39 is 17.2 Å². The summed E-state index contributed by atoms with van der Waals surface area (Å²) in [5.74, 6) is -1.06. The maximum absolute atomic E-state index is 13.1. The van der Waals surface area contributed by atoms with Crippen LogP contribution in [0.15, 0.2) is 18.2 Å². The summed E-state index contributed by atoms with van der Waals surface area (Å²) in [6.45, 7) is 0. The van der Waals surface area contributed by atoms with Crippen molar-refractivity contribution in [1.82, 2.24) is 0 Å². The zero-order valence-electron chi connectivity index (χ0n) is 6.48. The highest BCUT2D eigenvalue weighted by Gasteiger charge is 2.43. The van der Waals surface area contributed by atoms with Crippen molar-refractivity contribution in [3.8, 4) is 0 Å². The van der Waals surface area contributed by atoms with E-state index in [-0.39, 0.29) is 5.56 Å². The second-order valence-electron chi connectivity index (χ2n) is 3.25. The molecule has 0 radical (unpaired) electrons. The molecule has 0 spiro atoms. The van der Waals surface area contributed by atoms with Gasteiger partial charge in [0.2, 0.25) is 0 Å². The first-order valence-corrected chi connectivity index (χ1v) is 3.87. The van der Waals surface area contributed by atoms with Gasteiger partial charge < -0.3 is 5.73 Å². The molecule has 0 atom stereocenters. The summed E-state index contributed by atoms with van der Waals surface area (Å²) >= 11 is 0. The topological polar surface area (TPSA) is 26.0 Å². The van der Waals surface area contributed by atoms with Gasteiger partial charge in [-0.25, -0.2) is 8.78 Å². The van der Waals surface area contributed by atoms with Gasteiger partial charge in [0.15, 0.2) is 0 Å². The minimum absolute atomic E-state index is 0.0463. The summed E-state index contributed by atoms with van der Waals surface area (Å²) < 4.78 is 26.1. The lowest BCUT2D eigenvalue weighted by Gasteiger charge is -2.10. The van der Waals surface area contributed by atoms with Gasteiger partial charge in [0.05, 0.1) is 0 Å². The lowest BCUT2D eigenvalue weighted by molar-refractivity contribution is 0.520. The number of hydrogen-bond acceptors (Lipinski definition) is 1. The van der Waals surface area contributed by atoms with E-state index in [9.17, 15) is 8.78 Å². The second-order valence-corrected chi connectivity index (χ2v) is 3.25. The van der Waals surface area contributed by atoms with Crippen molar-refractivity contribution < 1.29 is 8.78 Å². The zero-order valence-corrected chi connectivity index (χ0v) is 6.48. The molecule has 0 saturated heterocycles. The van der Waals surface area contributed by atoms with Gasteiger partial charge in [-0.15, -0.1) is 0 Å². The van der Waals surface area contributed by atoms with E-state index in [0.717, 1.165) is 0 Å². The van der Waals surface area contributed by atoms with Gasteiger partial charge in [0.25, 0.3) is 0 Å². The Hall–Kier alpha value is -0.960. The molecule has 2 rings (SSSR count). The molecule has 1 fully saturated rings. The third kappa shape index (κ3) is 1.01. The van der Waals surface area contributed by atoms with Crippen molar-refractivity contribution in [2.24, 2.45) is 5.73 Å². The molecule has 3 heteroatoms. The molecule has 1 aromatic carbocycles. The van der Waals surface area contributed by atoms with Crippen LogP contribution in [0.1, 0.15) is 18.4 Å². The molecule has 2 N–H and O–H groups in total. The van der Waals surface area contributed by atoms with Gasteiger partial charge in [0.1, 0.15) is 11.6 Å². The maximum Gasteiger partial charge on any atom is 0.131 e. The first-order valence-electron chi connectivity index (χ1n) is 3.87. The van der Waals surface area contributed by atoms with E-state index >= 15 is 0 Å². The molecule has 1 aliphatic carbocycles. The molecular weight excluding hydrogens is 160 g/mol. The Bertz CT molecular complexity index is 298. The van der Waals surface area contributed by atoms with Crippen molar-refractivity contribution in [3.05, 3.63) is 35.4 Å². The summed E-state index contributed by atoms with van der Waals surface area (Å²) in [6.07, 6.45) is 1.34. The van der Waals surface area contributed by atoms with Crippen LogP contribution in [0.4, 0.5) is 8.78 Å². The SMILES string of the molecule is NC1(c2c(F)cccc2F)CC1. The molecule has 1 saturated carbocycles. The summed E-state index contributed by atoms with van der Waals surface area (Å²) in [5.41, 5.74) is 5.01. The fourth-order valence-corrected chi connectivity index (χ4v) is 1.36. The monoisotopic (exact) mass is 169 g/mol. The van der Waals surface area contributed by atoms with Crippen molar-refractivity contribution in [2.45, 2.75) is 18.4 Å². The standard InChI is InChI=1S/C9H9F2N/c10-6-2-1-3-7(11)8(6)9(12)4-5-9/h1-3H,4-5,12H2. The molecular formula is C9H9F2N. The summed E-state index contributed by atoms with van der Waals surface area (Å²) in [7, 11) is 0. The second kappa shape index (κ2) is 2.26. The molecule has 0 amide bonds. The van der Waals surface area contributed by atoms with E-state index in [4.69, 9.17) is 5.73 Å². The van der Waals surface area contributed by atoms with E-state index in [0.29, 0.717) is 12.8 Å². The lowest BCUT2D eigenvalue weighted by atomic mass is 10.0. The Morgan fingerprint density at radius 1 is 1.17 bits per heavy atom. The van der Waals surface area contributed by atoms with Crippen LogP contribution in [-0.4, -0.2) is 0 Å². The summed E-state index contributed by atoms with van der Waals surface area (Å²) in [6, 6.07) is 3.83. The van der Waals surface area contributed by atoms with Crippen LogP contribution in [0.3, 0.4) is 0 Å². The van der Waals surface area contributed by atoms with Crippen LogP contribution in [-0.2, 0) is 5.54 Å². The Kier molecular flexibility index (Phi) is 1.45. The van der Waals surface area contributed by atoms with E-state index in [2.05, 4.69) is 0 Å². The number of halogens is 2. The molecule has 64 valence electrons. The van der Waals surface area contributed by atoms with Crippen molar-refractivity contribution in [2.75, 3.05) is 0 Å². The molecule has 0 unspecified atom stereocenters. The van der Waals surface area contributed by atoms with Crippen LogP contribution < -0.4 is 5.73 Å². The largest absolute Gasteiger partial charge is 0.321 e. The van der Waals surface area contributed by atoms with Gasteiger partial charge in [-0.3, -0.25) is 0 Å². The van der Waals surface area contributed by atoms with Crippen molar-refractivity contribution in [1.29, 1.82) is 0 Å². The summed E-state index contributed by atoms with van der Waals surface area (Å²) in [4.78, 5) is 0. The van der Waals surface area contributed by atoms with Gasteiger partial charge >= 0.3 is 0 Å². The van der Waals surface area contributed by atoms with E-state index in [1.54, 1.807) is 0 Å². The van der Waals surface area contributed by atoms with Gasteiger partial charge in [-0.1, -0.05) is 6.07 Å². The molecule has 1 aliphatic rings. The number of nitrogens with two attached hydrogens (primary N) is 1. The number of benzene rings is 1. The van der Waals surface area contributed by atoms with Crippen LogP contribution in [0.25, 0.3) is 0 Å². The zero-order chi connectivity index (χ0) is 8.77. The first kappa shape index (κ1) is 7.68. The van der Waals surface area contributed by atoms with Crippen LogP contribution in [0, 0.1) is 11.6 Å². The average Bonchev–Trinajstić information content (AvgIpc) is 2.68. The third-order valence-electron chi connectivity index (χ3n) is 2.25. The van der Waals surface area contributed by atoms with Crippen molar-refractivity contribution in [3.63, 3.8) is 0 Å². The molecule has 12 heavy (non-hydrogen) atoms. The fraction of sp³-hybridized carbons (Fsp3) is 0.333. The Labute approximate surface area is 69.2 Å². The Balaban J connectivity index is 2.55. The minimum Gasteiger partial charge on any atom is -0.321 e. The highest BCUT2D eigenvalue weighted by Crippen LogP contribution is 2.44. The third-order valence-corrected chi connectivity index (χ3v) is 2.25.